The lowest BCUT2D eigenvalue weighted by Crippen LogP contribution is -2.50. The van der Waals surface area contributed by atoms with Gasteiger partial charge in [-0.05, 0) is 49.4 Å². The van der Waals surface area contributed by atoms with Gasteiger partial charge in [0.05, 0.1) is 28.6 Å². The number of para-hydroxylation sites is 2. The summed E-state index contributed by atoms with van der Waals surface area (Å²) in [6, 6.07) is 15.2. The maximum Gasteiger partial charge on any atom is 0.417 e. The summed E-state index contributed by atoms with van der Waals surface area (Å²) >= 11 is 0. The number of hydrogen-bond acceptors (Lipinski definition) is 4. The highest BCUT2D eigenvalue weighted by Gasteiger charge is 2.45. The summed E-state index contributed by atoms with van der Waals surface area (Å²) in [6.07, 6.45) is -2.08. The van der Waals surface area contributed by atoms with Crippen LogP contribution in [0.5, 0.6) is 11.5 Å². The lowest BCUT2D eigenvalue weighted by molar-refractivity contribution is -0.138. The summed E-state index contributed by atoms with van der Waals surface area (Å²) in [4.78, 5) is 14.7. The van der Waals surface area contributed by atoms with Gasteiger partial charge in [-0.25, -0.2) is 0 Å². The molecule has 1 saturated heterocycles. The molecule has 5 rings (SSSR count). The summed E-state index contributed by atoms with van der Waals surface area (Å²) in [7, 11) is 1.49. The van der Waals surface area contributed by atoms with Crippen LogP contribution in [0.25, 0.3) is 5.69 Å². The summed E-state index contributed by atoms with van der Waals surface area (Å²) < 4.78 is 60.8. The lowest BCUT2D eigenvalue weighted by Gasteiger charge is -2.45. The van der Waals surface area contributed by atoms with Gasteiger partial charge in [-0.1, -0.05) is 12.1 Å². The number of carbonyl (C=O) groups excluding carboxylic acids is 1. The zero-order valence-electron chi connectivity index (χ0n) is 20.0. The van der Waals surface area contributed by atoms with E-state index in [0.29, 0.717) is 12.8 Å². The van der Waals surface area contributed by atoms with E-state index in [1.54, 1.807) is 6.92 Å². The molecule has 9 heteroatoms. The Morgan fingerprint density at radius 2 is 1.86 bits per heavy atom. The molecule has 3 heterocycles. The van der Waals surface area contributed by atoms with Crippen molar-refractivity contribution < 1.29 is 32.2 Å². The molecule has 2 aromatic carbocycles. The highest BCUT2D eigenvalue weighted by molar-refractivity contribution is 5.96. The van der Waals surface area contributed by atoms with E-state index in [-0.39, 0.29) is 37.1 Å². The second kappa shape index (κ2) is 9.20. The molecule has 0 radical (unpaired) electrons. The number of fused-ring (bicyclic) bond motifs is 4. The molecular weight excluding hydrogens is 473 g/mol. The van der Waals surface area contributed by atoms with E-state index in [1.165, 1.54) is 24.1 Å². The number of amides is 1. The van der Waals surface area contributed by atoms with Crippen molar-refractivity contribution in [3.05, 3.63) is 77.6 Å². The Labute approximate surface area is 207 Å². The number of benzene rings is 2. The molecule has 1 atom stereocenters. The molecule has 1 amide bonds. The number of piperidine rings is 1. The average Bonchev–Trinajstić information content (AvgIpc) is 3.38. The Hall–Kier alpha value is -3.46. The first-order chi connectivity index (χ1) is 17.2. The van der Waals surface area contributed by atoms with Crippen LogP contribution in [0.2, 0.25) is 0 Å². The Kier molecular flexibility index (Phi) is 6.20. The Morgan fingerprint density at radius 3 is 2.58 bits per heavy atom. The first kappa shape index (κ1) is 24.2. The van der Waals surface area contributed by atoms with Crippen LogP contribution in [0.4, 0.5) is 13.2 Å². The number of hydrogen-bond donors (Lipinski definition) is 0. The van der Waals surface area contributed by atoms with Gasteiger partial charge < -0.3 is 23.7 Å². The highest BCUT2D eigenvalue weighted by atomic mass is 19.4. The van der Waals surface area contributed by atoms with Gasteiger partial charge in [0.25, 0.3) is 5.91 Å². The number of ether oxygens (including phenoxy) is 3. The molecule has 1 spiro atoms. The minimum atomic E-state index is -4.70. The van der Waals surface area contributed by atoms with Crippen LogP contribution in [0.15, 0.2) is 60.8 Å². The first-order valence-electron chi connectivity index (χ1n) is 11.8. The van der Waals surface area contributed by atoms with Crippen molar-refractivity contribution in [3.8, 4) is 17.2 Å². The van der Waals surface area contributed by atoms with Crippen molar-refractivity contribution in [2.24, 2.45) is 0 Å². The minimum absolute atomic E-state index is 0.0374. The third kappa shape index (κ3) is 4.32. The molecule has 1 fully saturated rings. The standard InChI is InChI=1S/C27H27F3N2O4/c1-18(34-2)17-35-19-9-10-20(21(16-19)27(28,29)30)25(33)31-14-11-26(12-15-31)24-8-5-13-32(24)22-6-3-4-7-23(22)36-26/h3-10,13,16,18H,11-12,14-15,17H2,1-2H3/t18-/m0/s1. The summed E-state index contributed by atoms with van der Waals surface area (Å²) in [5.74, 6) is 0.134. The van der Waals surface area contributed by atoms with E-state index < -0.39 is 23.2 Å². The van der Waals surface area contributed by atoms with Gasteiger partial charge in [-0.15, -0.1) is 0 Å². The summed E-state index contributed by atoms with van der Waals surface area (Å²) in [5, 5.41) is 0. The van der Waals surface area contributed by atoms with E-state index >= 15 is 0 Å². The number of rotatable bonds is 5. The fraction of sp³-hybridized carbons (Fsp3) is 0.370. The van der Waals surface area contributed by atoms with Gasteiger partial charge in [-0.3, -0.25) is 4.79 Å². The molecule has 2 aliphatic rings. The molecule has 3 aromatic rings. The normalized spacial score (nSPS) is 17.2. The van der Waals surface area contributed by atoms with Crippen molar-refractivity contribution in [1.29, 1.82) is 0 Å². The minimum Gasteiger partial charge on any atom is -0.491 e. The molecule has 0 aliphatic carbocycles. The van der Waals surface area contributed by atoms with Gasteiger partial charge in [0, 0.05) is 39.2 Å². The van der Waals surface area contributed by atoms with Crippen molar-refractivity contribution in [3.63, 3.8) is 0 Å². The fourth-order valence-corrected chi connectivity index (χ4v) is 4.88. The van der Waals surface area contributed by atoms with E-state index in [4.69, 9.17) is 14.2 Å². The SMILES string of the molecule is CO[C@@H](C)COc1ccc(C(=O)N2CCC3(CC2)Oc2ccccc2-n2cccc23)c(C(F)(F)F)c1. The first-order valence-corrected chi connectivity index (χ1v) is 11.8. The second-order valence-corrected chi connectivity index (χ2v) is 9.18. The monoisotopic (exact) mass is 500 g/mol. The number of nitrogens with zero attached hydrogens (tertiary/aromatic N) is 2. The van der Waals surface area contributed by atoms with Crippen LogP contribution in [-0.4, -0.2) is 48.3 Å². The number of methoxy groups -OCH3 is 1. The molecule has 1 aromatic heterocycles. The number of aromatic nitrogens is 1. The van der Waals surface area contributed by atoms with E-state index in [9.17, 15) is 18.0 Å². The van der Waals surface area contributed by atoms with Crippen molar-refractivity contribution in [2.75, 3.05) is 26.8 Å². The third-order valence-corrected chi connectivity index (χ3v) is 6.92. The largest absolute Gasteiger partial charge is 0.491 e. The van der Waals surface area contributed by atoms with Gasteiger partial charge in [-0.2, -0.15) is 13.2 Å². The summed E-state index contributed by atoms with van der Waals surface area (Å²) in [5.41, 5.74) is -0.109. The number of halogens is 3. The zero-order chi connectivity index (χ0) is 25.5. The predicted octanol–water partition coefficient (Wildman–Crippen LogP) is 5.43. The maximum absolute atomic E-state index is 13.9. The predicted molar refractivity (Wildman–Crippen MR) is 127 cm³/mol. The van der Waals surface area contributed by atoms with Crippen LogP contribution in [0, 0.1) is 0 Å². The van der Waals surface area contributed by atoms with Gasteiger partial charge in [0.15, 0.2) is 5.60 Å². The van der Waals surface area contributed by atoms with Gasteiger partial charge in [0.1, 0.15) is 18.1 Å². The van der Waals surface area contributed by atoms with Gasteiger partial charge >= 0.3 is 6.18 Å². The number of alkyl halides is 3. The van der Waals surface area contributed by atoms with Crippen LogP contribution in [0.1, 0.15) is 41.4 Å². The maximum atomic E-state index is 13.9. The Bertz CT molecular complexity index is 1260. The van der Waals surface area contributed by atoms with Crippen molar-refractivity contribution in [2.45, 2.75) is 37.6 Å². The Balaban J connectivity index is 1.36. The van der Waals surface area contributed by atoms with Crippen LogP contribution in [0.3, 0.4) is 0 Å². The van der Waals surface area contributed by atoms with E-state index in [2.05, 4.69) is 4.57 Å². The quantitative estimate of drug-likeness (QED) is 0.469. The molecule has 2 aliphatic heterocycles. The van der Waals surface area contributed by atoms with Crippen LogP contribution < -0.4 is 9.47 Å². The molecule has 6 nitrogen and oxygen atoms in total. The number of carbonyl (C=O) groups is 1. The fourth-order valence-electron chi connectivity index (χ4n) is 4.88. The number of likely N-dealkylation sites (tertiary alicyclic amines) is 1. The highest BCUT2D eigenvalue weighted by Crippen LogP contribution is 2.45. The molecule has 0 unspecified atom stereocenters. The smallest absolute Gasteiger partial charge is 0.417 e. The molecule has 0 bridgehead atoms. The van der Waals surface area contributed by atoms with E-state index in [1.807, 2.05) is 42.6 Å². The zero-order valence-corrected chi connectivity index (χ0v) is 20.0. The topological polar surface area (TPSA) is 52.9 Å². The molecule has 36 heavy (non-hydrogen) atoms. The Morgan fingerprint density at radius 1 is 1.11 bits per heavy atom. The second-order valence-electron chi connectivity index (χ2n) is 9.18. The van der Waals surface area contributed by atoms with Crippen LogP contribution >= 0.6 is 0 Å². The third-order valence-electron chi connectivity index (χ3n) is 6.92. The lowest BCUT2D eigenvalue weighted by atomic mass is 9.86. The molecular formula is C27H27F3N2O4. The molecule has 190 valence electrons. The summed E-state index contributed by atoms with van der Waals surface area (Å²) in [6.45, 7) is 2.39. The van der Waals surface area contributed by atoms with E-state index in [0.717, 1.165) is 23.2 Å². The molecule has 0 N–H and O–H groups in total. The van der Waals surface area contributed by atoms with Crippen molar-refractivity contribution >= 4 is 5.91 Å². The van der Waals surface area contributed by atoms with Crippen molar-refractivity contribution in [1.82, 2.24) is 9.47 Å². The average molecular weight is 501 g/mol. The van der Waals surface area contributed by atoms with Crippen LogP contribution in [-0.2, 0) is 16.5 Å². The van der Waals surface area contributed by atoms with Gasteiger partial charge in [0.2, 0.25) is 0 Å². The molecule has 0 saturated carbocycles.